The van der Waals surface area contributed by atoms with Crippen LogP contribution in [0.25, 0.3) is 23.1 Å². The summed E-state index contributed by atoms with van der Waals surface area (Å²) < 4.78 is 5.58. The van der Waals surface area contributed by atoms with Crippen LogP contribution in [0.5, 0.6) is 5.75 Å². The fourth-order valence-corrected chi connectivity index (χ4v) is 3.45. The van der Waals surface area contributed by atoms with Crippen molar-refractivity contribution in [3.63, 3.8) is 0 Å². The van der Waals surface area contributed by atoms with E-state index in [1.54, 1.807) is 23.5 Å². The number of rotatable bonds is 7. The number of carbonyl (C=O) groups is 1. The Morgan fingerprint density at radius 2 is 2.19 bits per heavy atom. The third kappa shape index (κ3) is 4.04. The van der Waals surface area contributed by atoms with Gasteiger partial charge in [0.15, 0.2) is 0 Å². The van der Waals surface area contributed by atoms with E-state index in [9.17, 15) is 9.90 Å². The first-order valence-corrected chi connectivity index (χ1v) is 9.61. The molecule has 0 unspecified atom stereocenters. The van der Waals surface area contributed by atoms with E-state index in [2.05, 4.69) is 15.5 Å². The summed E-state index contributed by atoms with van der Waals surface area (Å²) in [4.78, 5) is 13.9. The molecule has 2 aromatic heterocycles. The maximum atomic E-state index is 12.8. The van der Waals surface area contributed by atoms with E-state index in [0.717, 1.165) is 21.5 Å². The topological polar surface area (TPSA) is 87.2 Å². The molecule has 3 aromatic rings. The van der Waals surface area contributed by atoms with Gasteiger partial charge < -0.3 is 15.2 Å². The van der Waals surface area contributed by atoms with E-state index in [1.807, 2.05) is 43.5 Å². The number of aliphatic hydroxyl groups excluding tert-OH is 1. The second-order valence-electron chi connectivity index (χ2n) is 6.53. The summed E-state index contributed by atoms with van der Waals surface area (Å²) in [5, 5.41) is 22.4. The number of methoxy groups -OCH3 is 1. The van der Waals surface area contributed by atoms with Crippen LogP contribution in [0.2, 0.25) is 0 Å². The molecule has 0 spiro atoms. The lowest BCUT2D eigenvalue weighted by Gasteiger charge is -2.20. The standard InChI is InChI=1S/C20H23N3O3S/c1-12(2)17(11-24)21-20(25)14-7-9-16-18(19(14)26-3)15(22-23-16)8-6-13-5-4-10-27-13/h4-10,12,17,24H,11H2,1-3H3,(H,21,25)(H,22,23)/b8-6+/t17-/m1/s1. The Labute approximate surface area is 161 Å². The number of benzene rings is 1. The highest BCUT2D eigenvalue weighted by molar-refractivity contribution is 7.10. The molecule has 1 amide bonds. The molecule has 2 heterocycles. The van der Waals surface area contributed by atoms with Crippen molar-refractivity contribution in [3.05, 3.63) is 45.8 Å². The van der Waals surface area contributed by atoms with Crippen molar-refractivity contribution < 1.29 is 14.6 Å². The zero-order valence-corrected chi connectivity index (χ0v) is 16.3. The van der Waals surface area contributed by atoms with Gasteiger partial charge >= 0.3 is 0 Å². The number of hydrogen-bond donors (Lipinski definition) is 3. The van der Waals surface area contributed by atoms with Gasteiger partial charge in [-0.15, -0.1) is 11.3 Å². The monoisotopic (exact) mass is 385 g/mol. The predicted octanol–water partition coefficient (Wildman–Crippen LogP) is 3.55. The van der Waals surface area contributed by atoms with E-state index in [-0.39, 0.29) is 24.5 Å². The van der Waals surface area contributed by atoms with Gasteiger partial charge in [-0.05, 0) is 41.6 Å². The number of hydrogen-bond acceptors (Lipinski definition) is 5. The Hall–Kier alpha value is -2.64. The van der Waals surface area contributed by atoms with E-state index in [4.69, 9.17) is 4.74 Å². The van der Waals surface area contributed by atoms with E-state index in [1.165, 1.54) is 7.11 Å². The third-order valence-electron chi connectivity index (χ3n) is 4.43. The van der Waals surface area contributed by atoms with Gasteiger partial charge in [0.1, 0.15) is 5.75 Å². The van der Waals surface area contributed by atoms with E-state index < -0.39 is 0 Å². The van der Waals surface area contributed by atoms with Crippen LogP contribution >= 0.6 is 11.3 Å². The summed E-state index contributed by atoms with van der Waals surface area (Å²) in [6.07, 6.45) is 3.92. The number of carbonyl (C=O) groups excluding carboxylic acids is 1. The van der Waals surface area contributed by atoms with Crippen molar-refractivity contribution in [2.75, 3.05) is 13.7 Å². The molecule has 0 aliphatic heterocycles. The molecule has 3 rings (SSSR count). The van der Waals surface area contributed by atoms with E-state index in [0.29, 0.717) is 11.3 Å². The number of aromatic nitrogens is 2. The molecule has 0 bridgehead atoms. The number of nitrogens with one attached hydrogen (secondary N) is 2. The van der Waals surface area contributed by atoms with Crippen molar-refractivity contribution in [1.29, 1.82) is 0 Å². The van der Waals surface area contributed by atoms with Gasteiger partial charge in [-0.3, -0.25) is 9.89 Å². The van der Waals surface area contributed by atoms with Gasteiger partial charge in [-0.1, -0.05) is 19.9 Å². The fourth-order valence-electron chi connectivity index (χ4n) is 2.83. The highest BCUT2D eigenvalue weighted by Gasteiger charge is 2.22. The van der Waals surface area contributed by atoms with Gasteiger partial charge in [0.25, 0.3) is 5.91 Å². The molecule has 27 heavy (non-hydrogen) atoms. The molecule has 1 atom stereocenters. The number of fused-ring (bicyclic) bond motifs is 1. The van der Waals surface area contributed by atoms with Gasteiger partial charge in [-0.25, -0.2) is 0 Å². The number of H-pyrrole nitrogens is 1. The second-order valence-corrected chi connectivity index (χ2v) is 7.51. The third-order valence-corrected chi connectivity index (χ3v) is 5.26. The number of aromatic amines is 1. The van der Waals surface area contributed by atoms with Crippen molar-refractivity contribution >= 4 is 40.3 Å². The molecular formula is C20H23N3O3S. The van der Waals surface area contributed by atoms with Crippen LogP contribution in [0.3, 0.4) is 0 Å². The summed E-state index contributed by atoms with van der Waals surface area (Å²) in [6, 6.07) is 7.18. The maximum Gasteiger partial charge on any atom is 0.255 e. The first-order valence-electron chi connectivity index (χ1n) is 8.73. The molecule has 142 valence electrons. The van der Waals surface area contributed by atoms with Crippen LogP contribution in [0.1, 0.15) is 34.8 Å². The molecule has 3 N–H and O–H groups in total. The van der Waals surface area contributed by atoms with Gasteiger partial charge in [0.05, 0.1) is 41.9 Å². The van der Waals surface area contributed by atoms with Crippen LogP contribution in [0.4, 0.5) is 0 Å². The molecule has 1 aromatic carbocycles. The fraction of sp³-hybridized carbons (Fsp3) is 0.300. The minimum Gasteiger partial charge on any atom is -0.495 e. The summed E-state index contributed by atoms with van der Waals surface area (Å²) in [7, 11) is 1.54. The number of amides is 1. The molecule has 0 fully saturated rings. The highest BCUT2D eigenvalue weighted by atomic mass is 32.1. The van der Waals surface area contributed by atoms with Crippen molar-refractivity contribution in [3.8, 4) is 5.75 Å². The Morgan fingerprint density at radius 3 is 2.81 bits per heavy atom. The SMILES string of the molecule is COc1c(C(=O)N[C@H](CO)C(C)C)ccc2n[nH]c(/C=C/c3cccs3)c12. The van der Waals surface area contributed by atoms with E-state index >= 15 is 0 Å². The summed E-state index contributed by atoms with van der Waals surface area (Å²) in [6.45, 7) is 3.78. The lowest BCUT2D eigenvalue weighted by Crippen LogP contribution is -2.41. The van der Waals surface area contributed by atoms with Gasteiger partial charge in [0.2, 0.25) is 0 Å². The Kier molecular flexibility index (Phi) is 5.93. The molecule has 0 radical (unpaired) electrons. The number of ether oxygens (including phenoxy) is 1. The molecule has 0 saturated heterocycles. The minimum atomic E-state index is -0.319. The maximum absolute atomic E-state index is 12.8. The Morgan fingerprint density at radius 1 is 1.37 bits per heavy atom. The van der Waals surface area contributed by atoms with Crippen LogP contribution in [0.15, 0.2) is 29.6 Å². The lowest BCUT2D eigenvalue weighted by atomic mass is 10.0. The van der Waals surface area contributed by atoms with Crippen molar-refractivity contribution in [2.45, 2.75) is 19.9 Å². The molecule has 6 nitrogen and oxygen atoms in total. The number of aliphatic hydroxyl groups is 1. The van der Waals surface area contributed by atoms with Crippen LogP contribution in [-0.2, 0) is 0 Å². The molecular weight excluding hydrogens is 362 g/mol. The van der Waals surface area contributed by atoms with Crippen LogP contribution in [0, 0.1) is 5.92 Å². The molecule has 0 aliphatic rings. The largest absolute Gasteiger partial charge is 0.495 e. The summed E-state index contributed by atoms with van der Waals surface area (Å²) in [5.74, 6) is 0.299. The average molecular weight is 385 g/mol. The summed E-state index contributed by atoms with van der Waals surface area (Å²) >= 11 is 1.64. The minimum absolute atomic E-state index is 0.117. The Balaban J connectivity index is 1.99. The molecule has 0 aliphatic carbocycles. The predicted molar refractivity (Wildman–Crippen MR) is 109 cm³/mol. The van der Waals surface area contributed by atoms with Gasteiger partial charge in [-0.2, -0.15) is 5.10 Å². The number of nitrogens with zero attached hydrogens (tertiary/aromatic N) is 1. The average Bonchev–Trinajstić information content (AvgIpc) is 3.32. The van der Waals surface area contributed by atoms with Crippen LogP contribution < -0.4 is 10.1 Å². The van der Waals surface area contributed by atoms with Crippen LogP contribution in [-0.4, -0.2) is 41.0 Å². The molecule has 0 saturated carbocycles. The Bertz CT molecular complexity index is 945. The van der Waals surface area contributed by atoms with Crippen molar-refractivity contribution in [2.24, 2.45) is 5.92 Å². The quantitative estimate of drug-likeness (QED) is 0.580. The zero-order chi connectivity index (χ0) is 19.4. The first-order chi connectivity index (χ1) is 13.0. The normalized spacial score (nSPS) is 12.8. The van der Waals surface area contributed by atoms with Gasteiger partial charge in [0, 0.05) is 4.88 Å². The zero-order valence-electron chi connectivity index (χ0n) is 15.5. The molecule has 7 heteroatoms. The second kappa shape index (κ2) is 8.37. The smallest absolute Gasteiger partial charge is 0.255 e. The highest BCUT2D eigenvalue weighted by Crippen LogP contribution is 2.32. The summed E-state index contributed by atoms with van der Waals surface area (Å²) in [5.41, 5.74) is 1.90. The number of thiophene rings is 1. The first kappa shape index (κ1) is 19.1. The lowest BCUT2D eigenvalue weighted by molar-refractivity contribution is 0.0894. The van der Waals surface area contributed by atoms with Crippen molar-refractivity contribution in [1.82, 2.24) is 15.5 Å².